The molecule has 92 heavy (non-hydrogen) atoms. The molecule has 0 aliphatic carbocycles. The molecule has 2 aliphatic heterocycles. The molecule has 21 atom stereocenters. The zero-order valence-electron chi connectivity index (χ0n) is 60.3. The van der Waals surface area contributed by atoms with Gasteiger partial charge in [0, 0.05) is 6.42 Å². The van der Waals surface area contributed by atoms with E-state index in [2.05, 4.69) is 80.3 Å². The highest BCUT2D eigenvalue weighted by atomic mass is 32.3. The minimum Gasteiger partial charge on any atom is -0.455 e. The molecule has 0 aromatic carbocycles. The topological polar surface area (TPSA) is 265 Å². The van der Waals surface area contributed by atoms with Crippen molar-refractivity contribution in [1.29, 1.82) is 0 Å². The summed E-state index contributed by atoms with van der Waals surface area (Å²) in [5.41, 5.74) is 0. The molecule has 2 rings (SSSR count). The van der Waals surface area contributed by atoms with Crippen molar-refractivity contribution >= 4 is 22.3 Å². The van der Waals surface area contributed by atoms with Crippen LogP contribution in [0.5, 0.6) is 0 Å². The first-order valence-electron chi connectivity index (χ1n) is 37.7. The van der Waals surface area contributed by atoms with E-state index in [4.69, 9.17) is 23.7 Å². The predicted octanol–water partition coefficient (Wildman–Crippen LogP) is 15.7. The Morgan fingerprint density at radius 1 is 0.424 bits per heavy atom. The van der Waals surface area contributed by atoms with Crippen LogP contribution in [0.1, 0.15) is 321 Å². The van der Waals surface area contributed by atoms with Gasteiger partial charge in [-0.05, 0) is 124 Å². The number of hydrogen-bond donors (Lipinski definition) is 7. The summed E-state index contributed by atoms with van der Waals surface area (Å²) in [6.45, 7) is 25.4. The summed E-state index contributed by atoms with van der Waals surface area (Å²) in [5.74, 6) is 2.23. The Labute approximate surface area is 561 Å². The Hall–Kier alpha value is -1.55. The van der Waals surface area contributed by atoms with E-state index < -0.39 is 103 Å². The number of hydrogen-bond acceptors (Lipinski definition) is 16. The summed E-state index contributed by atoms with van der Waals surface area (Å²) >= 11 is 0. The fourth-order valence-electron chi connectivity index (χ4n) is 15.4. The molecule has 2 heterocycles. The lowest BCUT2D eigenvalue weighted by molar-refractivity contribution is -0.374. The maximum absolute atomic E-state index is 14.2. The monoisotopic (exact) mass is 1330 g/mol. The van der Waals surface area contributed by atoms with Gasteiger partial charge in [-0.3, -0.25) is 14.1 Å². The molecular formula is C74H142O17S. The Morgan fingerprint density at radius 3 is 1.14 bits per heavy atom. The first-order valence-corrected chi connectivity index (χ1v) is 39.1. The molecule has 546 valence electrons. The van der Waals surface area contributed by atoms with Crippen LogP contribution < -0.4 is 0 Å². The van der Waals surface area contributed by atoms with Gasteiger partial charge in [-0.25, -0.2) is 4.18 Å². The fourth-order valence-corrected chi connectivity index (χ4v) is 15.9. The van der Waals surface area contributed by atoms with Gasteiger partial charge >= 0.3 is 22.3 Å². The smallest absolute Gasteiger partial charge is 0.397 e. The molecule has 0 aromatic rings. The third-order valence-electron chi connectivity index (χ3n) is 20.0. The molecule has 0 radical (unpaired) electrons. The van der Waals surface area contributed by atoms with E-state index in [9.17, 15) is 53.2 Å². The van der Waals surface area contributed by atoms with Crippen LogP contribution in [0.3, 0.4) is 0 Å². The quantitative estimate of drug-likeness (QED) is 0.0169. The predicted molar refractivity (Wildman–Crippen MR) is 367 cm³/mol. The van der Waals surface area contributed by atoms with Gasteiger partial charge in [-0.15, -0.1) is 0 Å². The highest BCUT2D eigenvalue weighted by Crippen LogP contribution is 2.36. The largest absolute Gasteiger partial charge is 0.455 e. The molecule has 0 spiro atoms. The van der Waals surface area contributed by atoms with Crippen molar-refractivity contribution in [2.45, 2.75) is 388 Å². The van der Waals surface area contributed by atoms with Crippen molar-refractivity contribution in [3.63, 3.8) is 0 Å². The molecule has 7 N–H and O–H groups in total. The van der Waals surface area contributed by atoms with E-state index in [-0.39, 0.29) is 18.4 Å². The van der Waals surface area contributed by atoms with Gasteiger partial charge in [0.2, 0.25) is 6.29 Å². The average molecular weight is 1340 g/mol. The maximum atomic E-state index is 14.2. The number of ether oxygens (including phenoxy) is 5. The van der Waals surface area contributed by atoms with Gasteiger partial charge < -0.3 is 54.3 Å². The second-order valence-electron chi connectivity index (χ2n) is 30.3. The number of aliphatic hydroxyl groups excluding tert-OH is 6. The van der Waals surface area contributed by atoms with Crippen molar-refractivity contribution in [2.75, 3.05) is 13.2 Å². The highest BCUT2D eigenvalue weighted by molar-refractivity contribution is 7.80. The van der Waals surface area contributed by atoms with E-state index >= 15 is 0 Å². The summed E-state index contributed by atoms with van der Waals surface area (Å²) < 4.78 is 67.7. The van der Waals surface area contributed by atoms with Crippen LogP contribution in [-0.2, 0) is 47.9 Å². The van der Waals surface area contributed by atoms with Gasteiger partial charge in [0.1, 0.15) is 30.5 Å². The van der Waals surface area contributed by atoms with Crippen LogP contribution in [0.25, 0.3) is 0 Å². The molecule has 2 fully saturated rings. The lowest BCUT2D eigenvalue weighted by atomic mass is 9.79. The van der Waals surface area contributed by atoms with Crippen molar-refractivity contribution in [3.05, 3.63) is 0 Å². The van der Waals surface area contributed by atoms with Gasteiger partial charge in [0.25, 0.3) is 0 Å². The maximum Gasteiger partial charge on any atom is 0.397 e. The zero-order valence-corrected chi connectivity index (χ0v) is 61.1. The SMILES string of the molecule is CCCCCCCCCCCCCCCC(=O)O[C@@H]1[C@@H](O)[C@H](CO)O[C@@H](O[C@H]2O[C@H](CO)[C@@H](O)[C@H](O)[C@H]2OS(=O)(=O)O)[C@H]1OC(=O)[C@H](C)C[C@@H](C)C[C@@H](C)C[C@@H](C)C[C@@H](C)C[C@@H](C)C[C@@H](C)C[C@@H](C)C[C@@H](C)C[C@@H](C)[C@@H](O)CCCCCCCCCCCCCCC. The van der Waals surface area contributed by atoms with Gasteiger partial charge in [-0.1, -0.05) is 244 Å². The van der Waals surface area contributed by atoms with Crippen molar-refractivity contribution in [2.24, 2.45) is 59.2 Å². The minimum absolute atomic E-state index is 0.0231. The first-order chi connectivity index (χ1) is 43.7. The van der Waals surface area contributed by atoms with Crippen LogP contribution in [0.4, 0.5) is 0 Å². The normalized spacial score (nSPS) is 25.9. The second kappa shape index (κ2) is 49.9. The standard InChI is InChI=1S/C74H142O17S/c1-13-15-17-19-21-23-25-27-29-31-33-35-37-39-62(77)60(11)48-58(9)46-56(7)44-54(5)42-52(3)41-53(4)43-55(6)45-57(8)47-59(10)49-61(12)72(82)89-71-69(88-65(78)40-38-36-34-32-30-28-26-24-22-20-18-16-14-2)67(80)64(51-76)87-74(71)90-73-70(91-92(83,84)85)68(81)66(79)63(50-75)86-73/h52-64,66-71,73-77,79-81H,13-51H2,1-12H3,(H,83,84,85)/t52-,53+,54-,55+,56-,57+,58-,59+,60-,61-,62+,63-,64+,66-,67+,68+,69-,70-,71+,73-,74+/m1/s1. The molecule has 0 aromatic heterocycles. The highest BCUT2D eigenvalue weighted by Gasteiger charge is 2.55. The second-order valence-corrected chi connectivity index (χ2v) is 31.4. The molecule has 0 unspecified atom stereocenters. The van der Waals surface area contributed by atoms with Crippen LogP contribution in [-0.4, -0.2) is 136 Å². The molecule has 17 nitrogen and oxygen atoms in total. The average Bonchev–Trinajstić information content (AvgIpc) is 0.784. The molecule has 0 amide bonds. The summed E-state index contributed by atoms with van der Waals surface area (Å²) in [5, 5.41) is 64.4. The Morgan fingerprint density at radius 2 is 0.761 bits per heavy atom. The molecule has 0 saturated carbocycles. The van der Waals surface area contributed by atoms with Crippen LogP contribution in [0.15, 0.2) is 0 Å². The van der Waals surface area contributed by atoms with Gasteiger partial charge in [-0.2, -0.15) is 8.42 Å². The van der Waals surface area contributed by atoms with Gasteiger partial charge in [0.05, 0.1) is 25.2 Å². The molecule has 2 aliphatic rings. The summed E-state index contributed by atoms with van der Waals surface area (Å²) in [6, 6.07) is 0. The summed E-state index contributed by atoms with van der Waals surface area (Å²) in [6.07, 6.45) is 23.5. The number of carbonyl (C=O) groups excluding carboxylic acids is 2. The summed E-state index contributed by atoms with van der Waals surface area (Å²) in [4.78, 5) is 27.8. The van der Waals surface area contributed by atoms with Crippen molar-refractivity contribution < 1.29 is 81.1 Å². The third kappa shape index (κ3) is 38.0. The van der Waals surface area contributed by atoms with E-state index in [0.717, 1.165) is 64.2 Å². The molecular weight excluding hydrogens is 1190 g/mol. The zero-order chi connectivity index (χ0) is 68.6. The molecule has 0 bridgehead atoms. The number of aliphatic hydroxyl groups is 6. The molecule has 2 saturated heterocycles. The van der Waals surface area contributed by atoms with E-state index in [1.165, 1.54) is 154 Å². The number of carbonyl (C=O) groups is 2. The Balaban J connectivity index is 1.94. The Kier molecular flexibility index (Phi) is 46.9. The number of unbranched alkanes of at least 4 members (excludes halogenated alkanes) is 24. The van der Waals surface area contributed by atoms with Crippen molar-refractivity contribution in [1.82, 2.24) is 0 Å². The van der Waals surface area contributed by atoms with Crippen LogP contribution >= 0.6 is 0 Å². The summed E-state index contributed by atoms with van der Waals surface area (Å²) in [7, 11) is -5.33. The Bertz CT molecular complexity index is 1950. The fraction of sp³-hybridized carbons (Fsp3) is 0.973. The van der Waals surface area contributed by atoms with Gasteiger partial charge in [0.15, 0.2) is 24.6 Å². The van der Waals surface area contributed by atoms with Crippen LogP contribution in [0, 0.1) is 59.2 Å². The lowest BCUT2D eigenvalue weighted by Crippen LogP contribution is -2.65. The van der Waals surface area contributed by atoms with E-state index in [1.54, 1.807) is 6.92 Å². The first kappa shape index (κ1) is 86.5. The minimum atomic E-state index is -5.33. The lowest BCUT2D eigenvalue weighted by Gasteiger charge is -2.46. The third-order valence-corrected chi connectivity index (χ3v) is 20.4. The van der Waals surface area contributed by atoms with E-state index in [1.807, 2.05) is 0 Å². The molecule has 18 heteroatoms. The van der Waals surface area contributed by atoms with Crippen LogP contribution in [0.2, 0.25) is 0 Å². The van der Waals surface area contributed by atoms with Crippen molar-refractivity contribution in [3.8, 4) is 0 Å². The number of esters is 2. The number of rotatable bonds is 56. The van der Waals surface area contributed by atoms with E-state index in [0.29, 0.717) is 60.2 Å².